The van der Waals surface area contributed by atoms with Crippen LogP contribution in [0.15, 0.2) is 30.6 Å². The maximum absolute atomic E-state index is 11.4. The van der Waals surface area contributed by atoms with Crippen molar-refractivity contribution < 1.29 is 4.79 Å². The van der Waals surface area contributed by atoms with Gasteiger partial charge in [-0.3, -0.25) is 4.79 Å². The molecule has 2 aromatic heterocycles. The van der Waals surface area contributed by atoms with E-state index in [1.54, 1.807) is 6.92 Å². The molecule has 3 aromatic rings. The molecule has 1 aliphatic heterocycles. The molecule has 0 bridgehead atoms. The van der Waals surface area contributed by atoms with E-state index < -0.39 is 0 Å². The minimum atomic E-state index is -0.138. The van der Waals surface area contributed by atoms with Gasteiger partial charge in [0.15, 0.2) is 0 Å². The van der Waals surface area contributed by atoms with Gasteiger partial charge in [0.2, 0.25) is 17.8 Å². The van der Waals surface area contributed by atoms with Crippen LogP contribution in [-0.4, -0.2) is 45.0 Å². The van der Waals surface area contributed by atoms with Gasteiger partial charge >= 0.3 is 0 Å². The lowest BCUT2D eigenvalue weighted by Crippen LogP contribution is -2.44. The molecular weight excluding hydrogens is 416 g/mol. The Labute approximate surface area is 185 Å². The summed E-state index contributed by atoms with van der Waals surface area (Å²) in [5.74, 6) is 1.47. The molecule has 4 rings (SSSR count). The van der Waals surface area contributed by atoms with Gasteiger partial charge in [0.1, 0.15) is 12.1 Å². The highest BCUT2D eigenvalue weighted by atomic mass is 35.5. The Hall–Kier alpha value is -3.20. The molecule has 1 atom stereocenters. The molecular formula is C21H25ClN8O. The Morgan fingerprint density at radius 3 is 2.71 bits per heavy atom. The van der Waals surface area contributed by atoms with Crippen molar-refractivity contribution in [3.63, 3.8) is 0 Å². The molecule has 1 aromatic carbocycles. The third-order valence-corrected chi connectivity index (χ3v) is 5.62. The van der Waals surface area contributed by atoms with Crippen molar-refractivity contribution >= 4 is 46.1 Å². The van der Waals surface area contributed by atoms with Crippen molar-refractivity contribution in [3.05, 3.63) is 41.2 Å². The van der Waals surface area contributed by atoms with Crippen LogP contribution in [0.3, 0.4) is 0 Å². The lowest BCUT2D eigenvalue weighted by Gasteiger charge is -2.35. The van der Waals surface area contributed by atoms with Crippen LogP contribution in [0.1, 0.15) is 38.3 Å². The number of nitrogens with zero attached hydrogens (tertiary/aromatic N) is 5. The molecule has 162 valence electrons. The first-order chi connectivity index (χ1) is 14.9. The first kappa shape index (κ1) is 21.0. The monoisotopic (exact) mass is 440 g/mol. The minimum Gasteiger partial charge on any atom is -0.368 e. The van der Waals surface area contributed by atoms with Gasteiger partial charge < -0.3 is 21.3 Å². The van der Waals surface area contributed by atoms with Gasteiger partial charge in [0.05, 0.1) is 11.6 Å². The van der Waals surface area contributed by atoms with E-state index >= 15 is 0 Å². The van der Waals surface area contributed by atoms with Crippen LogP contribution >= 0.6 is 11.6 Å². The highest BCUT2D eigenvalue weighted by Crippen LogP contribution is 2.32. The Balaban J connectivity index is 1.66. The van der Waals surface area contributed by atoms with E-state index in [4.69, 9.17) is 22.3 Å². The molecule has 9 nitrogen and oxygen atoms in total. The predicted octanol–water partition coefficient (Wildman–Crippen LogP) is 2.93. The second kappa shape index (κ2) is 8.89. The zero-order chi connectivity index (χ0) is 22.0. The zero-order valence-corrected chi connectivity index (χ0v) is 18.2. The second-order valence-corrected chi connectivity index (χ2v) is 8.17. The summed E-state index contributed by atoms with van der Waals surface area (Å²) in [6, 6.07) is 7.85. The number of rotatable bonds is 5. The van der Waals surface area contributed by atoms with Crippen molar-refractivity contribution in [2.75, 3.05) is 29.0 Å². The Morgan fingerprint density at radius 1 is 1.23 bits per heavy atom. The molecule has 1 saturated heterocycles. The number of anilines is 3. The summed E-state index contributed by atoms with van der Waals surface area (Å²) >= 11 is 6.21. The highest BCUT2D eigenvalue weighted by molar-refractivity contribution is 6.31. The Bertz CT molecular complexity index is 1100. The van der Waals surface area contributed by atoms with E-state index in [1.807, 2.05) is 25.1 Å². The quantitative estimate of drug-likeness (QED) is 0.553. The van der Waals surface area contributed by atoms with Crippen LogP contribution < -0.4 is 21.3 Å². The van der Waals surface area contributed by atoms with Crippen molar-refractivity contribution in [1.29, 1.82) is 0 Å². The number of nitrogen functional groups attached to an aromatic ring is 1. The fourth-order valence-corrected chi connectivity index (χ4v) is 4.08. The van der Waals surface area contributed by atoms with Gasteiger partial charge in [0.25, 0.3) is 0 Å². The minimum absolute atomic E-state index is 0.00861. The van der Waals surface area contributed by atoms with Gasteiger partial charge in [-0.1, -0.05) is 11.6 Å². The molecule has 3 heterocycles. The summed E-state index contributed by atoms with van der Waals surface area (Å²) in [5, 5.41) is 7.93. The number of benzene rings is 1. The number of carbonyl (C=O) groups excluding carboxylic acids is 1. The van der Waals surface area contributed by atoms with Crippen molar-refractivity contribution in [1.82, 2.24) is 25.3 Å². The van der Waals surface area contributed by atoms with Crippen molar-refractivity contribution in [2.24, 2.45) is 0 Å². The Kier molecular flexibility index (Phi) is 6.03. The molecule has 0 spiro atoms. The predicted molar refractivity (Wildman–Crippen MR) is 122 cm³/mol. The smallest absolute Gasteiger partial charge is 0.227 e. The normalized spacial score (nSPS) is 15.6. The topological polar surface area (TPSA) is 122 Å². The number of aromatic nitrogens is 4. The number of nitrogens with one attached hydrogen (secondary N) is 2. The molecule has 1 aliphatic rings. The van der Waals surface area contributed by atoms with Crippen LogP contribution in [0, 0.1) is 0 Å². The maximum Gasteiger partial charge on any atom is 0.227 e. The van der Waals surface area contributed by atoms with E-state index in [-0.39, 0.29) is 23.9 Å². The van der Waals surface area contributed by atoms with Crippen LogP contribution in [0.5, 0.6) is 0 Å². The molecule has 1 fully saturated rings. The fraction of sp³-hybridized carbons (Fsp3) is 0.381. The molecule has 10 heteroatoms. The number of hydrogen-bond acceptors (Lipinski definition) is 8. The first-order valence-corrected chi connectivity index (χ1v) is 10.6. The first-order valence-electron chi connectivity index (χ1n) is 10.2. The van der Waals surface area contributed by atoms with Crippen LogP contribution in [-0.2, 0) is 4.79 Å². The van der Waals surface area contributed by atoms with Crippen LogP contribution in [0.2, 0.25) is 5.02 Å². The van der Waals surface area contributed by atoms with Gasteiger partial charge in [0, 0.05) is 42.0 Å². The molecule has 31 heavy (non-hydrogen) atoms. The number of pyridine rings is 1. The lowest BCUT2D eigenvalue weighted by molar-refractivity contribution is -0.119. The summed E-state index contributed by atoms with van der Waals surface area (Å²) in [6.07, 6.45) is 3.11. The summed E-state index contributed by atoms with van der Waals surface area (Å²) in [6.45, 7) is 5.19. The SMILES string of the molecule is CC(=O)NC1CCN(c2nc3ccc(Cl)cc3cc2C(C)Nc2ncnc(N)n2)CC1. The van der Waals surface area contributed by atoms with E-state index in [9.17, 15) is 4.79 Å². The van der Waals surface area contributed by atoms with Gasteiger partial charge in [-0.25, -0.2) is 15.0 Å². The van der Waals surface area contributed by atoms with Gasteiger partial charge in [-0.15, -0.1) is 0 Å². The molecule has 0 radical (unpaired) electrons. The average Bonchev–Trinajstić information content (AvgIpc) is 2.73. The summed E-state index contributed by atoms with van der Waals surface area (Å²) in [4.78, 5) is 30.8. The summed E-state index contributed by atoms with van der Waals surface area (Å²) in [7, 11) is 0. The van der Waals surface area contributed by atoms with Gasteiger partial charge in [-0.2, -0.15) is 4.98 Å². The van der Waals surface area contributed by atoms with Crippen LogP contribution in [0.25, 0.3) is 10.9 Å². The van der Waals surface area contributed by atoms with Crippen molar-refractivity contribution in [3.8, 4) is 0 Å². The average molecular weight is 441 g/mol. The lowest BCUT2D eigenvalue weighted by atomic mass is 10.0. The summed E-state index contributed by atoms with van der Waals surface area (Å²) < 4.78 is 0. The zero-order valence-electron chi connectivity index (χ0n) is 17.5. The third-order valence-electron chi connectivity index (χ3n) is 5.39. The number of hydrogen-bond donors (Lipinski definition) is 3. The standard InChI is InChI=1S/C21H25ClN8O/c1-12(26-21-25-11-24-20(23)29-21)17-10-14-9-15(22)3-4-18(14)28-19(17)30-7-5-16(6-8-30)27-13(2)31/h3-4,9-12,16H,5-8H2,1-2H3,(H,27,31)(H3,23,24,25,26,29). The van der Waals surface area contributed by atoms with Gasteiger partial charge in [-0.05, 0) is 44.0 Å². The molecule has 4 N–H and O–H groups in total. The number of amides is 1. The molecule has 0 aliphatic carbocycles. The van der Waals surface area contributed by atoms with Crippen LogP contribution in [0.4, 0.5) is 17.7 Å². The van der Waals surface area contributed by atoms with E-state index in [0.717, 1.165) is 48.2 Å². The number of piperidine rings is 1. The second-order valence-electron chi connectivity index (χ2n) is 7.73. The molecule has 0 saturated carbocycles. The van der Waals surface area contributed by atoms with E-state index in [1.165, 1.54) is 6.33 Å². The molecule has 1 amide bonds. The summed E-state index contributed by atoms with van der Waals surface area (Å²) in [5.41, 5.74) is 7.58. The highest BCUT2D eigenvalue weighted by Gasteiger charge is 2.25. The van der Waals surface area contributed by atoms with Crippen molar-refractivity contribution in [2.45, 2.75) is 38.8 Å². The fourth-order valence-electron chi connectivity index (χ4n) is 3.90. The third kappa shape index (κ3) is 4.93. The molecule has 1 unspecified atom stereocenters. The number of carbonyl (C=O) groups is 1. The number of halogens is 1. The van der Waals surface area contributed by atoms with E-state index in [0.29, 0.717) is 11.0 Å². The Morgan fingerprint density at radius 2 is 2.00 bits per heavy atom. The number of nitrogens with two attached hydrogens (primary N) is 1. The van der Waals surface area contributed by atoms with E-state index in [2.05, 4.69) is 36.6 Å². The largest absolute Gasteiger partial charge is 0.368 e. The number of fused-ring (bicyclic) bond motifs is 1. The maximum atomic E-state index is 11.4.